The Morgan fingerprint density at radius 2 is 1.12 bits per heavy atom. The van der Waals surface area contributed by atoms with E-state index in [0.29, 0.717) is 154 Å². The van der Waals surface area contributed by atoms with Gasteiger partial charge in [-0.25, -0.2) is 18.8 Å². The van der Waals surface area contributed by atoms with Crippen molar-refractivity contribution in [3.8, 4) is 11.5 Å². The molecule has 0 bridgehead atoms. The summed E-state index contributed by atoms with van der Waals surface area (Å²) in [7, 11) is 0. The number of anilines is 1. The highest BCUT2D eigenvalue weighted by molar-refractivity contribution is 6.07. The first-order chi connectivity index (χ1) is 37.0. The fraction of sp³-hybridized carbons (Fsp3) is 0.560. The summed E-state index contributed by atoms with van der Waals surface area (Å²) < 4.78 is 118. The number of hydrogen-bond acceptors (Lipinski definition) is 20. The standard InChI is InChI=1S/C50H68F4N6O16/c1-3-6-60(75-4-2)50(63)36-28-42-43(59-44(55)30-36)29-37(33-57-42)49(62)58-38-31-39(35-56-34-38)74-27-26-73-25-24-72-23-22-71-21-20-70-19-18-69-17-16-68-15-14-67-13-12-66-11-10-65-9-8-64-7-5-45(61)76-48-46(53)40(51)32-41(52)47(48)54/h28-29,31-35H,3-27,30H2,1-2H3,(H2,55,59)(H,58,62). The van der Waals surface area contributed by atoms with Gasteiger partial charge < -0.3 is 67.9 Å². The van der Waals surface area contributed by atoms with Gasteiger partial charge in [-0.05, 0) is 25.5 Å². The lowest BCUT2D eigenvalue weighted by Crippen LogP contribution is -2.34. The second-order valence-electron chi connectivity index (χ2n) is 15.8. The van der Waals surface area contributed by atoms with Crippen LogP contribution in [0.15, 0.2) is 47.4 Å². The predicted octanol–water partition coefficient (Wildman–Crippen LogP) is 4.79. The lowest BCUT2D eigenvalue weighted by molar-refractivity contribution is -0.180. The van der Waals surface area contributed by atoms with Crippen LogP contribution in [0, 0.1) is 23.3 Å². The van der Waals surface area contributed by atoms with E-state index in [2.05, 4.69) is 25.0 Å². The molecule has 0 spiro atoms. The maximum absolute atomic E-state index is 13.6. The molecular formula is C50H68F4N6O16. The molecule has 1 aliphatic rings. The Morgan fingerprint density at radius 3 is 1.61 bits per heavy atom. The van der Waals surface area contributed by atoms with Crippen LogP contribution >= 0.6 is 0 Å². The third kappa shape index (κ3) is 24.9. The number of carbonyl (C=O) groups excluding carboxylic acids is 3. The molecule has 3 N–H and O–H groups in total. The van der Waals surface area contributed by atoms with Gasteiger partial charge in [0.25, 0.3) is 11.8 Å². The molecule has 76 heavy (non-hydrogen) atoms. The normalized spacial score (nSPS) is 12.2. The van der Waals surface area contributed by atoms with Crippen LogP contribution in [0.5, 0.6) is 11.5 Å². The Morgan fingerprint density at radius 1 is 0.632 bits per heavy atom. The number of aliphatic imine (C=N–C) groups is 1. The summed E-state index contributed by atoms with van der Waals surface area (Å²) in [5.74, 6) is -9.67. The highest BCUT2D eigenvalue weighted by Gasteiger charge is 2.25. The van der Waals surface area contributed by atoms with Gasteiger partial charge in [0, 0.05) is 36.9 Å². The number of nitrogens with one attached hydrogen (secondary N) is 1. The summed E-state index contributed by atoms with van der Waals surface area (Å²) in [5.41, 5.74) is 7.93. The summed E-state index contributed by atoms with van der Waals surface area (Å²) in [6.07, 6.45) is 6.44. The van der Waals surface area contributed by atoms with Crippen LogP contribution in [0.4, 0.5) is 28.9 Å². The lowest BCUT2D eigenvalue weighted by Gasteiger charge is -2.21. The molecule has 22 nitrogen and oxygen atoms in total. The van der Waals surface area contributed by atoms with Gasteiger partial charge >= 0.3 is 5.97 Å². The molecule has 0 fully saturated rings. The Hall–Kier alpha value is -5.78. The average Bonchev–Trinajstić information content (AvgIpc) is 3.58. The number of amides is 2. The molecule has 0 radical (unpaired) electrons. The molecule has 4 rings (SSSR count). The van der Waals surface area contributed by atoms with Crippen molar-refractivity contribution in [3.63, 3.8) is 0 Å². The first-order valence-corrected chi connectivity index (χ1v) is 24.7. The largest absolute Gasteiger partial charge is 0.489 e. The average molecular weight is 1090 g/mol. The van der Waals surface area contributed by atoms with Crippen LogP contribution in [-0.4, -0.2) is 191 Å². The van der Waals surface area contributed by atoms with Crippen LogP contribution in [0.3, 0.4) is 0 Å². The monoisotopic (exact) mass is 1080 g/mol. The number of nitrogens with two attached hydrogens (primary N) is 1. The van der Waals surface area contributed by atoms with Gasteiger partial charge in [-0.2, -0.15) is 8.78 Å². The number of aromatic nitrogens is 2. The Balaban J connectivity index is 0.867. The first kappa shape index (κ1) is 62.8. The van der Waals surface area contributed by atoms with Crippen molar-refractivity contribution in [1.82, 2.24) is 15.0 Å². The minimum atomic E-state index is -1.80. The summed E-state index contributed by atoms with van der Waals surface area (Å²) in [6, 6.07) is 3.21. The minimum Gasteiger partial charge on any atom is -0.489 e. The van der Waals surface area contributed by atoms with Crippen molar-refractivity contribution in [1.29, 1.82) is 0 Å². The second-order valence-corrected chi connectivity index (χ2v) is 15.8. The highest BCUT2D eigenvalue weighted by Crippen LogP contribution is 2.28. The molecule has 0 unspecified atom stereocenters. The second kappa shape index (κ2) is 37.9. The zero-order valence-electron chi connectivity index (χ0n) is 42.8. The molecule has 422 valence electrons. The number of ether oxygens (including phenoxy) is 12. The maximum Gasteiger partial charge on any atom is 0.313 e. The predicted molar refractivity (Wildman–Crippen MR) is 264 cm³/mol. The van der Waals surface area contributed by atoms with E-state index < -0.39 is 47.3 Å². The summed E-state index contributed by atoms with van der Waals surface area (Å²) in [4.78, 5) is 56.5. The molecule has 26 heteroatoms. The summed E-state index contributed by atoms with van der Waals surface area (Å²) in [5, 5.41) is 4.10. The molecular weight excluding hydrogens is 1020 g/mol. The van der Waals surface area contributed by atoms with E-state index in [-0.39, 0.29) is 62.8 Å². The number of pyridine rings is 2. The molecule has 0 saturated heterocycles. The van der Waals surface area contributed by atoms with Crippen molar-refractivity contribution in [2.45, 2.75) is 33.1 Å². The number of hydrogen-bond donors (Lipinski definition) is 2. The van der Waals surface area contributed by atoms with Gasteiger partial charge in [0.05, 0.1) is 180 Å². The zero-order valence-corrected chi connectivity index (χ0v) is 42.8. The number of amidine groups is 1. The molecule has 1 aromatic carbocycles. The fourth-order valence-corrected chi connectivity index (χ4v) is 6.31. The van der Waals surface area contributed by atoms with Crippen molar-refractivity contribution in [3.05, 3.63) is 76.9 Å². The molecule has 0 atom stereocenters. The molecule has 2 amide bonds. The third-order valence-electron chi connectivity index (χ3n) is 9.87. The maximum atomic E-state index is 13.6. The molecule has 2 aromatic heterocycles. The molecule has 3 aromatic rings. The van der Waals surface area contributed by atoms with Crippen LogP contribution in [0.2, 0.25) is 0 Å². The molecule has 1 aliphatic heterocycles. The number of rotatable bonds is 42. The topological polar surface area (TPSA) is 251 Å². The van der Waals surface area contributed by atoms with Gasteiger partial charge in [0.15, 0.2) is 11.6 Å². The lowest BCUT2D eigenvalue weighted by atomic mass is 10.1. The first-order valence-electron chi connectivity index (χ1n) is 24.7. The number of fused-ring (bicyclic) bond motifs is 1. The number of esters is 1. The smallest absolute Gasteiger partial charge is 0.313 e. The number of hydroxylamine groups is 2. The van der Waals surface area contributed by atoms with E-state index in [1.165, 1.54) is 23.7 Å². The minimum absolute atomic E-state index is 0.0130. The third-order valence-corrected chi connectivity index (χ3v) is 9.87. The number of benzene rings is 1. The Kier molecular flexibility index (Phi) is 31.3. The summed E-state index contributed by atoms with van der Waals surface area (Å²) in [6.45, 7) is 11.3. The van der Waals surface area contributed by atoms with Crippen LogP contribution < -0.4 is 20.5 Å². The Labute approximate surface area is 438 Å². The highest BCUT2D eigenvalue weighted by atomic mass is 19.2. The number of carbonyl (C=O) groups is 3. The van der Waals surface area contributed by atoms with Crippen LogP contribution in [-0.2, 0) is 61.8 Å². The van der Waals surface area contributed by atoms with E-state index in [4.69, 9.17) is 62.7 Å². The van der Waals surface area contributed by atoms with Crippen molar-refractivity contribution in [2.24, 2.45) is 10.7 Å². The van der Waals surface area contributed by atoms with Crippen LogP contribution in [0.1, 0.15) is 49.2 Å². The fourth-order valence-electron chi connectivity index (χ4n) is 6.31. The SMILES string of the molecule is CCCN(OCC)C(=O)C1=Cc2ncc(C(=O)Nc3cncc(OCCOCCOCCOCCOCCOCCOCCOCCOCCOCCOCCC(=O)Oc4c(F)c(F)cc(F)c4F)c3)cc2N=C(N)C1. The molecule has 3 heterocycles. The van der Waals surface area contributed by atoms with Crippen molar-refractivity contribution < 1.29 is 93.6 Å². The summed E-state index contributed by atoms with van der Waals surface area (Å²) >= 11 is 0. The van der Waals surface area contributed by atoms with Gasteiger partial charge in [-0.15, -0.1) is 0 Å². The van der Waals surface area contributed by atoms with Gasteiger partial charge in [-0.3, -0.25) is 29.2 Å². The van der Waals surface area contributed by atoms with E-state index in [0.717, 1.165) is 0 Å². The van der Waals surface area contributed by atoms with E-state index in [1.807, 2.05) is 6.92 Å². The quantitative estimate of drug-likeness (QED) is 0.0193. The van der Waals surface area contributed by atoms with E-state index in [9.17, 15) is 31.9 Å². The Bertz CT molecular complexity index is 2240. The van der Waals surface area contributed by atoms with Crippen LogP contribution in [0.25, 0.3) is 6.08 Å². The van der Waals surface area contributed by atoms with Crippen molar-refractivity contribution in [2.75, 3.05) is 157 Å². The van der Waals surface area contributed by atoms with Gasteiger partial charge in [0.1, 0.15) is 18.2 Å². The molecule has 0 aliphatic carbocycles. The van der Waals surface area contributed by atoms with E-state index in [1.54, 1.807) is 25.1 Å². The van der Waals surface area contributed by atoms with Gasteiger partial charge in [0.2, 0.25) is 17.4 Å². The number of halogens is 4. The molecule has 0 saturated carbocycles. The van der Waals surface area contributed by atoms with Gasteiger partial charge in [-0.1, -0.05) is 6.92 Å². The van der Waals surface area contributed by atoms with E-state index >= 15 is 0 Å². The van der Waals surface area contributed by atoms with Crippen molar-refractivity contribution >= 4 is 41.1 Å². The zero-order chi connectivity index (χ0) is 54.6. The number of nitrogens with zero attached hydrogens (tertiary/aromatic N) is 4.